The van der Waals surface area contributed by atoms with E-state index in [0.717, 1.165) is 30.0 Å². The van der Waals surface area contributed by atoms with E-state index in [1.54, 1.807) is 27.9 Å². The first-order chi connectivity index (χ1) is 17.0. The fraction of sp³-hybridized carbons (Fsp3) is 0.500. The molecule has 1 aliphatic carbocycles. The summed E-state index contributed by atoms with van der Waals surface area (Å²) in [4.78, 5) is 22.3. The zero-order valence-corrected chi connectivity index (χ0v) is 20.1. The van der Waals surface area contributed by atoms with Gasteiger partial charge >= 0.3 is 0 Å². The van der Waals surface area contributed by atoms with Crippen molar-refractivity contribution in [3.05, 3.63) is 58.3 Å². The zero-order chi connectivity index (χ0) is 23.7. The van der Waals surface area contributed by atoms with Gasteiger partial charge in [0.15, 0.2) is 5.65 Å². The van der Waals surface area contributed by atoms with Crippen LogP contribution in [-0.2, 0) is 13.1 Å². The smallest absolute Gasteiger partial charge is 0.258 e. The predicted octanol–water partition coefficient (Wildman–Crippen LogP) is 4.46. The highest BCUT2D eigenvalue weighted by molar-refractivity contribution is 6.30. The number of fused-ring (bicyclic) bond motifs is 5. The number of rotatable bonds is 5. The molecule has 3 fully saturated rings. The summed E-state index contributed by atoms with van der Waals surface area (Å²) in [6.07, 6.45) is 10.3. The third-order valence-electron chi connectivity index (χ3n) is 8.07. The van der Waals surface area contributed by atoms with Gasteiger partial charge in [0, 0.05) is 36.5 Å². The van der Waals surface area contributed by atoms with E-state index in [2.05, 4.69) is 15.0 Å². The molecule has 3 aromatic rings. The monoisotopic (exact) mass is 495 g/mol. The fourth-order valence-corrected chi connectivity index (χ4v) is 6.34. The van der Waals surface area contributed by atoms with Crippen molar-refractivity contribution < 1.29 is 13.9 Å². The zero-order valence-electron chi connectivity index (χ0n) is 19.4. The van der Waals surface area contributed by atoms with Crippen molar-refractivity contribution in [3.63, 3.8) is 0 Å². The Kier molecular flexibility index (Phi) is 5.03. The molecule has 182 valence electrons. The van der Waals surface area contributed by atoms with Crippen molar-refractivity contribution in [2.24, 2.45) is 5.92 Å². The lowest BCUT2D eigenvalue weighted by Crippen LogP contribution is -2.47. The molecule has 2 bridgehead atoms. The molecule has 5 heterocycles. The van der Waals surface area contributed by atoms with Crippen LogP contribution in [0, 0.1) is 11.7 Å². The van der Waals surface area contributed by atoms with Crippen LogP contribution in [0.1, 0.15) is 60.1 Å². The molecule has 1 amide bonds. The summed E-state index contributed by atoms with van der Waals surface area (Å²) in [5, 5.41) is 5.05. The first-order valence-corrected chi connectivity index (χ1v) is 12.9. The van der Waals surface area contributed by atoms with E-state index in [1.165, 1.54) is 44.4 Å². The van der Waals surface area contributed by atoms with Crippen LogP contribution in [0.5, 0.6) is 5.75 Å². The Morgan fingerprint density at radius 3 is 2.71 bits per heavy atom. The molecule has 0 unspecified atom stereocenters. The number of carbonyl (C=O) groups is 1. The van der Waals surface area contributed by atoms with Crippen LogP contribution in [0.15, 0.2) is 30.6 Å². The molecule has 1 saturated carbocycles. The Bertz CT molecular complexity index is 1310. The van der Waals surface area contributed by atoms with Crippen LogP contribution in [0.2, 0.25) is 5.02 Å². The van der Waals surface area contributed by atoms with Gasteiger partial charge in [0.25, 0.3) is 5.91 Å². The molecule has 0 radical (unpaired) electrons. The molecule has 7 rings (SSSR count). The molecular formula is C26H27ClFN5O2. The van der Waals surface area contributed by atoms with Crippen LogP contribution in [0.3, 0.4) is 0 Å². The maximum Gasteiger partial charge on any atom is 0.258 e. The second-order valence-electron chi connectivity index (χ2n) is 10.5. The number of amides is 1. The van der Waals surface area contributed by atoms with Gasteiger partial charge in [-0.1, -0.05) is 11.6 Å². The van der Waals surface area contributed by atoms with Crippen molar-refractivity contribution in [1.82, 2.24) is 24.4 Å². The maximum atomic E-state index is 14.2. The van der Waals surface area contributed by atoms with Gasteiger partial charge in [-0.3, -0.25) is 9.69 Å². The molecule has 9 heteroatoms. The van der Waals surface area contributed by atoms with Crippen molar-refractivity contribution in [3.8, 4) is 5.75 Å². The van der Waals surface area contributed by atoms with Crippen LogP contribution in [-0.4, -0.2) is 55.0 Å². The van der Waals surface area contributed by atoms with E-state index in [-0.39, 0.29) is 12.0 Å². The lowest BCUT2D eigenvalue weighted by molar-refractivity contribution is 0.0452. The number of aromatic nitrogens is 3. The van der Waals surface area contributed by atoms with Gasteiger partial charge in [-0.2, -0.15) is 5.10 Å². The summed E-state index contributed by atoms with van der Waals surface area (Å²) in [5.41, 5.74) is 2.82. The highest BCUT2D eigenvalue weighted by Gasteiger charge is 2.43. The highest BCUT2D eigenvalue weighted by Crippen LogP contribution is 2.41. The lowest BCUT2D eigenvalue weighted by atomic mass is 9.99. The largest absolute Gasteiger partial charge is 0.489 e. The van der Waals surface area contributed by atoms with E-state index >= 15 is 0 Å². The highest BCUT2D eigenvalue weighted by atomic mass is 35.5. The van der Waals surface area contributed by atoms with E-state index in [4.69, 9.17) is 16.3 Å². The number of ether oxygens (including phenoxy) is 1. The number of halogens is 2. The number of piperidine rings is 1. The van der Waals surface area contributed by atoms with Gasteiger partial charge in [0.2, 0.25) is 0 Å². The number of carbonyl (C=O) groups excluding carboxylic acids is 1. The number of hydrogen-bond acceptors (Lipinski definition) is 5. The van der Waals surface area contributed by atoms with Gasteiger partial charge in [-0.05, 0) is 56.6 Å². The Balaban J connectivity index is 1.09. The van der Waals surface area contributed by atoms with Crippen LogP contribution < -0.4 is 4.74 Å². The lowest BCUT2D eigenvalue weighted by Gasteiger charge is -2.39. The van der Waals surface area contributed by atoms with E-state index in [0.29, 0.717) is 47.2 Å². The second kappa shape index (κ2) is 8.17. The van der Waals surface area contributed by atoms with Crippen LogP contribution in [0.4, 0.5) is 4.39 Å². The minimum atomic E-state index is -0.394. The topological polar surface area (TPSA) is 63.0 Å². The number of benzene rings is 1. The number of hydrogen-bond donors (Lipinski definition) is 0. The predicted molar refractivity (Wildman–Crippen MR) is 128 cm³/mol. The summed E-state index contributed by atoms with van der Waals surface area (Å²) >= 11 is 6.03. The standard InChI is InChI=1S/C26H27ClFN5O2/c27-16-10-29-25-22-13-31(14-23(22)30-33(25)12-16)26(34)21-6-3-17(28)7-24(21)35-20-8-18-4-5-19(9-20)32(18)11-15-1-2-15/h3,6-7,10,12,15,18-20H,1-2,4-5,8-9,11,13-14H2/t18-,19-/m0/s1. The first kappa shape index (κ1) is 21.6. The maximum absolute atomic E-state index is 14.2. The Morgan fingerprint density at radius 2 is 1.94 bits per heavy atom. The summed E-state index contributed by atoms with van der Waals surface area (Å²) in [5.74, 6) is 0.648. The molecule has 7 nitrogen and oxygen atoms in total. The van der Waals surface area contributed by atoms with Gasteiger partial charge in [-0.15, -0.1) is 0 Å². The average molecular weight is 496 g/mol. The van der Waals surface area contributed by atoms with Crippen molar-refractivity contribution in [2.45, 2.75) is 69.8 Å². The van der Waals surface area contributed by atoms with Crippen molar-refractivity contribution in [1.29, 1.82) is 0 Å². The fourth-order valence-electron chi connectivity index (χ4n) is 6.20. The minimum absolute atomic E-state index is 0.00485. The van der Waals surface area contributed by atoms with Crippen LogP contribution in [0.25, 0.3) is 5.65 Å². The van der Waals surface area contributed by atoms with E-state index in [1.807, 2.05) is 0 Å². The Labute approximate surface area is 207 Å². The SMILES string of the molecule is O=C(c1ccc(F)cc1OC1C[C@@H]2CC[C@@H](C1)N2CC1CC1)N1Cc2nn3cc(Cl)cnc3c2C1. The summed E-state index contributed by atoms with van der Waals surface area (Å²) in [6.45, 7) is 1.98. The van der Waals surface area contributed by atoms with Crippen LogP contribution >= 0.6 is 11.6 Å². The van der Waals surface area contributed by atoms with E-state index in [9.17, 15) is 9.18 Å². The Morgan fingerprint density at radius 1 is 1.14 bits per heavy atom. The number of nitrogens with zero attached hydrogens (tertiary/aromatic N) is 5. The third kappa shape index (κ3) is 3.87. The Hall–Kier alpha value is -2.71. The molecule has 2 aromatic heterocycles. The molecule has 0 N–H and O–H groups in total. The van der Waals surface area contributed by atoms with Gasteiger partial charge < -0.3 is 9.64 Å². The molecule has 4 aliphatic rings. The molecule has 35 heavy (non-hydrogen) atoms. The van der Waals surface area contributed by atoms with Gasteiger partial charge in [-0.25, -0.2) is 13.9 Å². The molecule has 0 spiro atoms. The molecule has 3 aliphatic heterocycles. The van der Waals surface area contributed by atoms with Crippen molar-refractivity contribution in [2.75, 3.05) is 6.54 Å². The molecule has 1 aromatic carbocycles. The second-order valence-corrected chi connectivity index (χ2v) is 10.9. The average Bonchev–Trinajstić information content (AvgIpc) is 3.39. The summed E-state index contributed by atoms with van der Waals surface area (Å²) in [7, 11) is 0. The van der Waals surface area contributed by atoms with Gasteiger partial charge in [0.05, 0.1) is 35.6 Å². The quantitative estimate of drug-likeness (QED) is 0.523. The summed E-state index contributed by atoms with van der Waals surface area (Å²) < 4.78 is 22.3. The summed E-state index contributed by atoms with van der Waals surface area (Å²) in [6, 6.07) is 5.32. The molecule has 2 atom stereocenters. The normalized spacial score (nSPS) is 25.9. The molecular weight excluding hydrogens is 469 g/mol. The first-order valence-electron chi connectivity index (χ1n) is 12.5. The van der Waals surface area contributed by atoms with Crippen molar-refractivity contribution >= 4 is 23.2 Å². The third-order valence-corrected chi connectivity index (χ3v) is 8.27. The minimum Gasteiger partial charge on any atom is -0.489 e. The van der Waals surface area contributed by atoms with Gasteiger partial charge in [0.1, 0.15) is 17.7 Å². The molecule has 2 saturated heterocycles. The van der Waals surface area contributed by atoms with E-state index < -0.39 is 5.82 Å².